The van der Waals surface area contributed by atoms with E-state index in [1.54, 1.807) is 13.3 Å². The number of methoxy groups -OCH3 is 1. The first-order valence-electron chi connectivity index (χ1n) is 14.7. The second-order valence-electron chi connectivity index (χ2n) is 11.5. The predicted octanol–water partition coefficient (Wildman–Crippen LogP) is 7.26. The third-order valence-corrected chi connectivity index (χ3v) is 9.37. The van der Waals surface area contributed by atoms with Crippen LogP contribution in [0.4, 0.5) is 0 Å². The summed E-state index contributed by atoms with van der Waals surface area (Å²) in [6.45, 7) is 0.436. The first-order chi connectivity index (χ1) is 21.6. The molecule has 0 saturated carbocycles. The van der Waals surface area contributed by atoms with Crippen molar-refractivity contribution in [1.82, 2.24) is 9.88 Å². The molecular weight excluding hydrogens is 544 g/mol. The van der Waals surface area contributed by atoms with Crippen molar-refractivity contribution in [2.24, 2.45) is 5.41 Å². The summed E-state index contributed by atoms with van der Waals surface area (Å²) < 4.78 is 5.40. The molecule has 2 bridgehead atoms. The molecule has 0 radical (unpaired) electrons. The molecule has 0 amide bonds. The predicted molar refractivity (Wildman–Crippen MR) is 169 cm³/mol. The molecular formula is C38H30N4O2. The highest BCUT2D eigenvalue weighted by Crippen LogP contribution is 2.69. The molecule has 4 aromatic carbocycles. The first kappa shape index (κ1) is 27.4. The van der Waals surface area contributed by atoms with Crippen LogP contribution in [0.5, 0.6) is 5.75 Å². The third-order valence-electron chi connectivity index (χ3n) is 9.37. The Morgan fingerprint density at radius 1 is 0.795 bits per heavy atom. The van der Waals surface area contributed by atoms with Gasteiger partial charge in [-0.3, -0.25) is 9.69 Å². The Morgan fingerprint density at radius 3 is 1.98 bits per heavy atom. The van der Waals surface area contributed by atoms with E-state index < -0.39 is 17.4 Å². The standard InChI is InChI=1S/C38H30N4O2/c1-44-29-19-17-25(18-20-29)22-42-35(28-15-9-4-10-16-28)32-31-30(26-11-5-2-6-12-26)21-41-37(43)33(31)36(42)38(23-39,24-40)34(32)27-13-7-3-8-14-27/h2-21,32,34-36H,22H2,1H3,(H,41,43)/t32-,34+,35-,36+/m0/s1. The molecule has 2 aliphatic heterocycles. The van der Waals surface area contributed by atoms with Gasteiger partial charge in [0.25, 0.3) is 5.56 Å². The fourth-order valence-corrected chi connectivity index (χ4v) is 7.63. The zero-order valence-electron chi connectivity index (χ0n) is 24.2. The maximum absolute atomic E-state index is 14.0. The van der Waals surface area contributed by atoms with Gasteiger partial charge in [0.05, 0.1) is 25.3 Å². The number of hydrogen-bond acceptors (Lipinski definition) is 5. The minimum atomic E-state index is -1.53. The number of nitrogens with zero attached hydrogens (tertiary/aromatic N) is 3. The Morgan fingerprint density at radius 2 is 1.39 bits per heavy atom. The fraction of sp³-hybridized carbons (Fsp3) is 0.184. The summed E-state index contributed by atoms with van der Waals surface area (Å²) in [6.07, 6.45) is 1.80. The molecule has 4 atom stereocenters. The van der Waals surface area contributed by atoms with Crippen molar-refractivity contribution in [3.63, 3.8) is 0 Å². The van der Waals surface area contributed by atoms with Crippen molar-refractivity contribution in [2.75, 3.05) is 7.11 Å². The molecule has 44 heavy (non-hydrogen) atoms. The number of fused-ring (bicyclic) bond motifs is 2. The third kappa shape index (κ3) is 4.15. The highest BCUT2D eigenvalue weighted by Gasteiger charge is 2.66. The lowest BCUT2D eigenvalue weighted by atomic mass is 9.50. The molecule has 6 nitrogen and oxygen atoms in total. The van der Waals surface area contributed by atoms with E-state index in [1.165, 1.54) is 0 Å². The molecule has 8 rings (SSSR count). The van der Waals surface area contributed by atoms with Crippen molar-refractivity contribution in [3.05, 3.63) is 160 Å². The molecule has 1 saturated heterocycles. The van der Waals surface area contributed by atoms with Gasteiger partial charge in [0, 0.05) is 41.7 Å². The van der Waals surface area contributed by atoms with E-state index in [4.69, 9.17) is 4.74 Å². The number of nitrogens with one attached hydrogen (secondary N) is 1. The summed E-state index contributed by atoms with van der Waals surface area (Å²) in [6, 6.07) is 42.0. The number of benzene rings is 4. The van der Waals surface area contributed by atoms with Crippen LogP contribution in [0.1, 0.15) is 51.7 Å². The van der Waals surface area contributed by atoms with Gasteiger partial charge < -0.3 is 9.72 Å². The van der Waals surface area contributed by atoms with Crippen LogP contribution in [0, 0.1) is 28.1 Å². The molecule has 0 spiro atoms. The maximum Gasteiger partial charge on any atom is 0.253 e. The number of rotatable bonds is 6. The summed E-state index contributed by atoms with van der Waals surface area (Å²) >= 11 is 0. The Kier molecular flexibility index (Phi) is 6.85. The van der Waals surface area contributed by atoms with Gasteiger partial charge in [-0.1, -0.05) is 103 Å². The molecule has 3 heterocycles. The van der Waals surface area contributed by atoms with Gasteiger partial charge >= 0.3 is 0 Å². The lowest BCUT2D eigenvalue weighted by Gasteiger charge is -2.60. The second kappa shape index (κ2) is 11.0. The number of pyridine rings is 1. The molecule has 0 unspecified atom stereocenters. The highest BCUT2D eigenvalue weighted by molar-refractivity contribution is 5.72. The van der Waals surface area contributed by atoms with E-state index in [9.17, 15) is 15.3 Å². The van der Waals surface area contributed by atoms with Crippen molar-refractivity contribution in [3.8, 4) is 29.0 Å². The summed E-state index contributed by atoms with van der Waals surface area (Å²) in [5, 5.41) is 22.2. The Balaban J connectivity index is 1.58. The van der Waals surface area contributed by atoms with Crippen LogP contribution in [-0.2, 0) is 6.54 Å². The maximum atomic E-state index is 14.0. The quantitative estimate of drug-likeness (QED) is 0.230. The molecule has 214 valence electrons. The van der Waals surface area contributed by atoms with Gasteiger partial charge in [-0.2, -0.15) is 10.5 Å². The average molecular weight is 575 g/mol. The van der Waals surface area contributed by atoms with Gasteiger partial charge in [-0.25, -0.2) is 0 Å². The molecule has 6 heteroatoms. The number of piperidine rings is 1. The van der Waals surface area contributed by atoms with Crippen LogP contribution in [0.3, 0.4) is 0 Å². The number of aromatic nitrogens is 1. The fourth-order valence-electron chi connectivity index (χ4n) is 7.63. The van der Waals surface area contributed by atoms with Crippen LogP contribution in [0.2, 0.25) is 0 Å². The molecule has 5 aromatic rings. The number of ether oxygens (including phenoxy) is 1. The van der Waals surface area contributed by atoms with Gasteiger partial charge in [0.2, 0.25) is 0 Å². The zero-order chi connectivity index (χ0) is 30.3. The van der Waals surface area contributed by atoms with Crippen LogP contribution < -0.4 is 10.3 Å². The van der Waals surface area contributed by atoms with Crippen molar-refractivity contribution >= 4 is 0 Å². The number of H-pyrrole nitrogens is 1. The van der Waals surface area contributed by atoms with E-state index in [0.717, 1.165) is 39.1 Å². The molecule has 1 N–H and O–H groups in total. The Hall–Kier alpha value is -5.43. The minimum Gasteiger partial charge on any atom is -0.497 e. The number of aromatic amines is 1. The van der Waals surface area contributed by atoms with E-state index in [2.05, 4.69) is 34.2 Å². The highest BCUT2D eigenvalue weighted by atomic mass is 16.5. The lowest BCUT2D eigenvalue weighted by Crippen LogP contribution is -2.59. The average Bonchev–Trinajstić information content (AvgIpc) is 3.09. The van der Waals surface area contributed by atoms with Gasteiger partial charge in [-0.05, 0) is 39.9 Å². The normalized spacial score (nSPS) is 21.5. The van der Waals surface area contributed by atoms with E-state index in [1.807, 2.05) is 103 Å². The lowest BCUT2D eigenvalue weighted by molar-refractivity contribution is -0.0312. The second-order valence-corrected chi connectivity index (χ2v) is 11.5. The van der Waals surface area contributed by atoms with Crippen molar-refractivity contribution in [2.45, 2.75) is 30.5 Å². The van der Waals surface area contributed by atoms with Crippen LogP contribution in [0.15, 0.2) is 126 Å². The molecule has 3 aliphatic rings. The van der Waals surface area contributed by atoms with Crippen molar-refractivity contribution in [1.29, 1.82) is 10.5 Å². The molecule has 1 aromatic heterocycles. The van der Waals surface area contributed by atoms with Crippen LogP contribution in [0.25, 0.3) is 11.1 Å². The van der Waals surface area contributed by atoms with E-state index >= 15 is 0 Å². The van der Waals surface area contributed by atoms with E-state index in [0.29, 0.717) is 12.1 Å². The summed E-state index contributed by atoms with van der Waals surface area (Å²) in [5.74, 6) is -0.122. The largest absolute Gasteiger partial charge is 0.497 e. The summed E-state index contributed by atoms with van der Waals surface area (Å²) in [4.78, 5) is 19.2. The van der Waals surface area contributed by atoms with Crippen molar-refractivity contribution < 1.29 is 4.74 Å². The minimum absolute atomic E-state index is 0.222. The smallest absolute Gasteiger partial charge is 0.253 e. The Labute approximate surface area is 256 Å². The monoisotopic (exact) mass is 574 g/mol. The van der Waals surface area contributed by atoms with Crippen LogP contribution in [-0.4, -0.2) is 17.0 Å². The molecule has 1 fully saturated rings. The van der Waals surface area contributed by atoms with Crippen LogP contribution >= 0.6 is 0 Å². The van der Waals surface area contributed by atoms with E-state index in [-0.39, 0.29) is 17.5 Å². The number of hydrogen-bond donors (Lipinski definition) is 1. The SMILES string of the molecule is COc1ccc(CN2[C@@H](c3ccccc3)[C@H]3c4c(-c5ccccc5)c[nH]c(=O)c4[C@@H]2C(C#N)(C#N)[C@@H]3c2ccccc2)cc1. The first-order valence-corrected chi connectivity index (χ1v) is 14.7. The Bertz CT molecular complexity index is 1930. The molecule has 1 aliphatic carbocycles. The van der Waals surface area contributed by atoms with Gasteiger partial charge in [0.1, 0.15) is 5.75 Å². The van der Waals surface area contributed by atoms with Gasteiger partial charge in [-0.15, -0.1) is 0 Å². The zero-order valence-corrected chi connectivity index (χ0v) is 24.2. The van der Waals surface area contributed by atoms with Gasteiger partial charge in [0.15, 0.2) is 5.41 Å². The summed E-state index contributed by atoms with van der Waals surface area (Å²) in [5.41, 5.74) is 4.52. The summed E-state index contributed by atoms with van der Waals surface area (Å²) in [7, 11) is 1.63. The number of nitriles is 2. The topological polar surface area (TPSA) is 92.9 Å².